The second-order valence-corrected chi connectivity index (χ2v) is 9.72. The van der Waals surface area contributed by atoms with Crippen LogP contribution in [0.15, 0.2) is 54.7 Å². The smallest absolute Gasteiger partial charge is 0.124 e. The van der Waals surface area contributed by atoms with Crippen LogP contribution in [-0.4, -0.2) is 19.6 Å². The lowest BCUT2D eigenvalue weighted by molar-refractivity contribution is 0.310. The number of hydrogen-bond donors (Lipinski definition) is 4. The minimum atomic E-state index is -0.267. The van der Waals surface area contributed by atoms with Gasteiger partial charge in [0.25, 0.3) is 0 Å². The first kappa shape index (κ1) is 44.8. The van der Waals surface area contributed by atoms with Crippen LogP contribution in [0, 0.1) is 11.2 Å². The average Bonchev–Trinajstić information content (AvgIpc) is 3.53. The topological polar surface area (TPSA) is 90.1 Å². The van der Waals surface area contributed by atoms with E-state index in [0.717, 1.165) is 40.9 Å². The summed E-state index contributed by atoms with van der Waals surface area (Å²) >= 11 is 0. The Morgan fingerprint density at radius 1 is 1.07 bits per heavy atom. The fourth-order valence-corrected chi connectivity index (χ4v) is 3.82. The number of nitrogens with two attached hydrogens (primary N) is 3. The summed E-state index contributed by atoms with van der Waals surface area (Å²) in [7, 11) is 1.78. The number of hydrogen-bond acceptors (Lipinski definition) is 4. The monoisotopic (exact) mass is 563 g/mol. The standard InChI is InChI=1S/C13H19FN2.C8H11N.C8H19N.3C2H6/c1-8(2)13-10(7-15)5-11(14)6-12(13)9(3)16-4;1-3-4-5-7-6(2)8(7)9;1-4-5-8(2,3)6-7-9;3*1-2/h5-6,8,16H,3,7,15H2,1-2,4H3;3-5,8H,2,9H2,1H3;4-7,9H2,1-3H3;3*1-2H3/b;4-3-,7-5-;;;;. The largest absolute Gasteiger partial charge is 0.388 e. The van der Waals surface area contributed by atoms with Gasteiger partial charge in [-0.3, -0.25) is 0 Å². The molecular weight excluding hydrogens is 495 g/mol. The quantitative estimate of drug-likeness (QED) is 0.241. The maximum Gasteiger partial charge on any atom is 0.124 e. The summed E-state index contributed by atoms with van der Waals surface area (Å²) in [5.41, 5.74) is 22.8. The van der Waals surface area contributed by atoms with Crippen LogP contribution in [0.3, 0.4) is 0 Å². The molecule has 0 spiro atoms. The molecular formula is C35H67FN4. The van der Waals surface area contributed by atoms with E-state index in [4.69, 9.17) is 17.2 Å². The highest BCUT2D eigenvalue weighted by Gasteiger charge is 2.29. The summed E-state index contributed by atoms with van der Waals surface area (Å²) in [6.07, 6.45) is 9.68. The van der Waals surface area contributed by atoms with Crippen molar-refractivity contribution in [3.63, 3.8) is 0 Å². The fourth-order valence-electron chi connectivity index (χ4n) is 3.82. The van der Waals surface area contributed by atoms with Gasteiger partial charge in [0.1, 0.15) is 5.82 Å². The van der Waals surface area contributed by atoms with Gasteiger partial charge in [0.15, 0.2) is 0 Å². The molecule has 234 valence electrons. The average molecular weight is 563 g/mol. The summed E-state index contributed by atoms with van der Waals surface area (Å²) in [5, 5.41) is 2.95. The highest BCUT2D eigenvalue weighted by molar-refractivity contribution is 5.66. The zero-order chi connectivity index (χ0) is 32.5. The Morgan fingerprint density at radius 3 is 1.90 bits per heavy atom. The number of nitrogens with one attached hydrogen (secondary N) is 1. The Labute approximate surface area is 249 Å². The normalized spacial score (nSPS) is 14.2. The third kappa shape index (κ3) is 19.0. The SMILES string of the molecule is C=C(NC)c1cc(F)cc(CN)c1C(C)C.C=C1/C(=C/C=C\C)C1N.CC.CC.CC.CCCC(C)(C)CCN. The van der Waals surface area contributed by atoms with Gasteiger partial charge < -0.3 is 22.5 Å². The van der Waals surface area contributed by atoms with Gasteiger partial charge in [-0.2, -0.15) is 0 Å². The second-order valence-electron chi connectivity index (χ2n) is 9.72. The number of benzene rings is 1. The molecule has 0 bridgehead atoms. The molecule has 1 atom stereocenters. The summed E-state index contributed by atoms with van der Waals surface area (Å²) in [4.78, 5) is 0. The zero-order valence-corrected chi connectivity index (χ0v) is 28.6. The van der Waals surface area contributed by atoms with Gasteiger partial charge in [0.2, 0.25) is 0 Å². The van der Waals surface area contributed by atoms with Crippen LogP contribution in [0.1, 0.15) is 125 Å². The van der Waals surface area contributed by atoms with E-state index in [1.807, 2.05) is 66.7 Å². The Bertz CT molecular complexity index is 843. The van der Waals surface area contributed by atoms with Gasteiger partial charge in [-0.25, -0.2) is 4.39 Å². The molecule has 1 aliphatic rings. The molecule has 1 aromatic carbocycles. The van der Waals surface area contributed by atoms with Crippen molar-refractivity contribution in [2.75, 3.05) is 13.6 Å². The Balaban J connectivity index is -0.000000233. The molecule has 1 unspecified atom stereocenters. The molecule has 5 heteroatoms. The molecule has 0 amide bonds. The lowest BCUT2D eigenvalue weighted by Crippen LogP contribution is -2.16. The number of halogens is 1. The predicted octanol–water partition coefficient (Wildman–Crippen LogP) is 9.22. The van der Waals surface area contributed by atoms with Gasteiger partial charge in [-0.1, -0.05) is 114 Å². The molecule has 1 aromatic rings. The van der Waals surface area contributed by atoms with Crippen LogP contribution in [-0.2, 0) is 6.54 Å². The van der Waals surface area contributed by atoms with Crippen LogP contribution >= 0.6 is 0 Å². The van der Waals surface area contributed by atoms with Crippen LogP contribution in [0.25, 0.3) is 5.70 Å². The van der Waals surface area contributed by atoms with Crippen molar-refractivity contribution in [3.8, 4) is 0 Å². The minimum Gasteiger partial charge on any atom is -0.388 e. The van der Waals surface area contributed by atoms with E-state index < -0.39 is 0 Å². The van der Waals surface area contributed by atoms with Gasteiger partial charge in [-0.15, -0.1) is 0 Å². The first-order valence-corrected chi connectivity index (χ1v) is 15.3. The minimum absolute atomic E-state index is 0.154. The molecule has 0 heterocycles. The predicted molar refractivity (Wildman–Crippen MR) is 183 cm³/mol. The molecule has 0 aliphatic heterocycles. The molecule has 0 aromatic heterocycles. The third-order valence-electron chi connectivity index (χ3n) is 5.87. The second kappa shape index (κ2) is 27.0. The summed E-state index contributed by atoms with van der Waals surface area (Å²) in [5.74, 6) is 0.0236. The van der Waals surface area contributed by atoms with Crippen molar-refractivity contribution in [2.45, 2.75) is 121 Å². The van der Waals surface area contributed by atoms with E-state index in [2.05, 4.69) is 53.1 Å². The van der Waals surface area contributed by atoms with Crippen molar-refractivity contribution in [2.24, 2.45) is 22.6 Å². The maximum absolute atomic E-state index is 13.4. The van der Waals surface area contributed by atoms with E-state index >= 15 is 0 Å². The Hall–Kier alpha value is -2.21. The first-order valence-electron chi connectivity index (χ1n) is 15.3. The lowest BCUT2D eigenvalue weighted by atomic mass is 9.85. The summed E-state index contributed by atoms with van der Waals surface area (Å²) < 4.78 is 13.4. The fraction of sp³-hybridized carbons (Fsp3) is 0.600. The van der Waals surface area contributed by atoms with Crippen molar-refractivity contribution >= 4 is 5.70 Å². The molecule has 4 nitrogen and oxygen atoms in total. The van der Waals surface area contributed by atoms with Gasteiger partial charge in [0.05, 0.1) is 6.04 Å². The molecule has 7 N–H and O–H groups in total. The van der Waals surface area contributed by atoms with Crippen molar-refractivity contribution in [1.82, 2.24) is 5.32 Å². The van der Waals surface area contributed by atoms with Crippen molar-refractivity contribution in [3.05, 3.63) is 77.2 Å². The summed E-state index contributed by atoms with van der Waals surface area (Å²) in [6.45, 7) is 33.7. The first-order chi connectivity index (χ1) is 18.9. The van der Waals surface area contributed by atoms with E-state index in [9.17, 15) is 4.39 Å². The molecule has 40 heavy (non-hydrogen) atoms. The van der Waals surface area contributed by atoms with E-state index in [-0.39, 0.29) is 11.9 Å². The third-order valence-corrected chi connectivity index (χ3v) is 5.87. The highest BCUT2D eigenvalue weighted by atomic mass is 19.1. The van der Waals surface area contributed by atoms with Crippen molar-refractivity contribution in [1.29, 1.82) is 0 Å². The van der Waals surface area contributed by atoms with Crippen molar-refractivity contribution < 1.29 is 4.39 Å². The zero-order valence-electron chi connectivity index (χ0n) is 28.6. The molecule has 2 rings (SSSR count). The Kier molecular flexibility index (Phi) is 30.2. The molecule has 0 radical (unpaired) electrons. The highest BCUT2D eigenvalue weighted by Crippen LogP contribution is 2.33. The van der Waals surface area contributed by atoms with Gasteiger partial charge in [0, 0.05) is 24.9 Å². The lowest BCUT2D eigenvalue weighted by Gasteiger charge is -2.22. The van der Waals surface area contributed by atoms with Crippen LogP contribution in [0.4, 0.5) is 4.39 Å². The molecule has 1 aliphatic carbocycles. The van der Waals surface area contributed by atoms with E-state index in [0.29, 0.717) is 17.9 Å². The molecule has 0 saturated heterocycles. The van der Waals surface area contributed by atoms with E-state index in [1.165, 1.54) is 30.5 Å². The molecule has 1 saturated carbocycles. The molecule has 1 fully saturated rings. The van der Waals surface area contributed by atoms with Crippen LogP contribution in [0.5, 0.6) is 0 Å². The number of rotatable bonds is 9. The van der Waals surface area contributed by atoms with Crippen LogP contribution in [0.2, 0.25) is 0 Å². The maximum atomic E-state index is 13.4. The number of allylic oxidation sites excluding steroid dienone is 3. The van der Waals surface area contributed by atoms with Gasteiger partial charge in [-0.05, 0) is 72.0 Å². The summed E-state index contributed by atoms with van der Waals surface area (Å²) in [6, 6.07) is 3.16. The van der Waals surface area contributed by atoms with Crippen LogP contribution < -0.4 is 22.5 Å². The van der Waals surface area contributed by atoms with Gasteiger partial charge >= 0.3 is 0 Å². The van der Waals surface area contributed by atoms with E-state index in [1.54, 1.807) is 7.05 Å². The Morgan fingerprint density at radius 2 is 1.57 bits per heavy atom.